The van der Waals surface area contributed by atoms with Crippen molar-refractivity contribution in [3.8, 4) is 0 Å². The molecule has 0 radical (unpaired) electrons. The number of amides is 3. The van der Waals surface area contributed by atoms with Crippen LogP contribution in [0.25, 0.3) is 0 Å². The highest BCUT2D eigenvalue weighted by molar-refractivity contribution is 5.86. The minimum atomic E-state index is -0.805. The van der Waals surface area contributed by atoms with E-state index < -0.39 is 17.9 Å². The first-order chi connectivity index (χ1) is 9.41. The molecule has 20 heavy (non-hydrogen) atoms. The van der Waals surface area contributed by atoms with Gasteiger partial charge in [0.15, 0.2) is 0 Å². The average Bonchev–Trinajstić information content (AvgIpc) is 2.87. The number of likely N-dealkylation sites (tertiary alicyclic amines) is 2. The predicted molar refractivity (Wildman–Crippen MR) is 70.8 cm³/mol. The second-order valence-electron chi connectivity index (χ2n) is 5.64. The Morgan fingerprint density at radius 3 is 2.40 bits per heavy atom. The number of piperidine rings is 1. The third-order valence-corrected chi connectivity index (χ3v) is 4.30. The number of hydrogen-bond acceptors (Lipinski definition) is 3. The largest absolute Gasteiger partial charge is 0.481 e. The fourth-order valence-corrected chi connectivity index (χ4v) is 3.14. The molecule has 0 spiro atoms. The molecule has 0 bridgehead atoms. The van der Waals surface area contributed by atoms with Gasteiger partial charge in [-0.2, -0.15) is 0 Å². The molecule has 2 rings (SSSR count). The van der Waals surface area contributed by atoms with Crippen molar-refractivity contribution < 1.29 is 19.5 Å². The lowest BCUT2D eigenvalue weighted by Gasteiger charge is -2.39. The van der Waals surface area contributed by atoms with Crippen molar-refractivity contribution in [2.45, 2.75) is 44.7 Å². The summed E-state index contributed by atoms with van der Waals surface area (Å²) >= 11 is 0. The molecular weight excluding hydrogens is 262 g/mol. The lowest BCUT2D eigenvalue weighted by atomic mass is 9.92. The molecule has 3 atom stereocenters. The van der Waals surface area contributed by atoms with E-state index in [4.69, 9.17) is 10.8 Å². The lowest BCUT2D eigenvalue weighted by molar-refractivity contribution is -0.143. The van der Waals surface area contributed by atoms with E-state index in [1.54, 1.807) is 4.90 Å². The fourth-order valence-electron chi connectivity index (χ4n) is 3.14. The third-order valence-electron chi connectivity index (χ3n) is 4.30. The summed E-state index contributed by atoms with van der Waals surface area (Å²) in [7, 11) is 0. The molecule has 2 fully saturated rings. The second-order valence-corrected chi connectivity index (χ2v) is 5.64. The third kappa shape index (κ3) is 2.71. The molecule has 2 aliphatic heterocycles. The molecule has 0 aromatic carbocycles. The van der Waals surface area contributed by atoms with Crippen LogP contribution in [0.1, 0.15) is 32.6 Å². The van der Waals surface area contributed by atoms with Crippen LogP contribution in [-0.2, 0) is 9.59 Å². The van der Waals surface area contributed by atoms with Gasteiger partial charge in [-0.15, -0.1) is 0 Å². The van der Waals surface area contributed by atoms with Crippen LogP contribution in [0.3, 0.4) is 0 Å². The van der Waals surface area contributed by atoms with E-state index in [9.17, 15) is 14.4 Å². The van der Waals surface area contributed by atoms with Crippen molar-refractivity contribution in [2.24, 2.45) is 11.7 Å². The molecule has 7 nitrogen and oxygen atoms in total. The number of carbonyl (C=O) groups is 3. The minimum absolute atomic E-state index is 0.133. The maximum atomic E-state index is 12.5. The smallest absolute Gasteiger partial charge is 0.320 e. The summed E-state index contributed by atoms with van der Waals surface area (Å²) in [5.41, 5.74) is 5.32. The molecule has 7 heteroatoms. The Kier molecular flexibility index (Phi) is 4.15. The number of rotatable bonds is 2. The van der Waals surface area contributed by atoms with Crippen LogP contribution in [0.2, 0.25) is 0 Å². The quantitative estimate of drug-likeness (QED) is 0.757. The topological polar surface area (TPSA) is 104 Å². The van der Waals surface area contributed by atoms with Crippen LogP contribution in [0, 0.1) is 5.92 Å². The minimum Gasteiger partial charge on any atom is -0.481 e. The van der Waals surface area contributed by atoms with Crippen LogP contribution in [0.4, 0.5) is 4.79 Å². The highest BCUT2D eigenvalue weighted by Crippen LogP contribution is 2.26. The van der Waals surface area contributed by atoms with Crippen LogP contribution in [-0.4, -0.2) is 58.0 Å². The number of carboxylic acids is 1. The zero-order valence-electron chi connectivity index (χ0n) is 11.6. The first-order valence-electron chi connectivity index (χ1n) is 7.01. The van der Waals surface area contributed by atoms with Crippen molar-refractivity contribution in [3.05, 3.63) is 0 Å². The van der Waals surface area contributed by atoms with Gasteiger partial charge in [0.2, 0.25) is 5.91 Å². The van der Waals surface area contributed by atoms with Gasteiger partial charge in [-0.05, 0) is 32.6 Å². The summed E-state index contributed by atoms with van der Waals surface area (Å²) in [5, 5.41) is 9.03. The average molecular weight is 283 g/mol. The van der Waals surface area contributed by atoms with Gasteiger partial charge in [-0.25, -0.2) is 4.79 Å². The molecule has 0 aromatic heterocycles. The molecule has 0 aromatic rings. The molecule has 2 saturated heterocycles. The fraction of sp³-hybridized carbons (Fsp3) is 0.769. The van der Waals surface area contributed by atoms with Crippen molar-refractivity contribution in [1.82, 2.24) is 9.80 Å². The highest BCUT2D eigenvalue weighted by Gasteiger charge is 2.39. The van der Waals surface area contributed by atoms with Crippen molar-refractivity contribution in [2.75, 3.05) is 13.1 Å². The van der Waals surface area contributed by atoms with E-state index in [-0.39, 0.29) is 18.0 Å². The van der Waals surface area contributed by atoms with Crippen LogP contribution in [0.5, 0.6) is 0 Å². The first kappa shape index (κ1) is 14.6. The molecule has 3 N–H and O–H groups in total. The zero-order chi connectivity index (χ0) is 14.9. The molecule has 2 aliphatic rings. The second kappa shape index (κ2) is 5.68. The van der Waals surface area contributed by atoms with Gasteiger partial charge in [0.1, 0.15) is 6.04 Å². The Hall–Kier alpha value is -1.79. The molecule has 2 heterocycles. The standard InChI is InChI=1S/C13H21N3O4/c1-8-7-9(12(18)19)4-6-15(8)13(20)16-5-2-3-10(16)11(14)17/h8-10H,2-7H2,1H3,(H2,14,17)(H,18,19). The van der Waals surface area contributed by atoms with Gasteiger partial charge in [0.05, 0.1) is 5.92 Å². The van der Waals surface area contributed by atoms with Gasteiger partial charge in [-0.3, -0.25) is 9.59 Å². The number of urea groups is 1. The van der Waals surface area contributed by atoms with E-state index >= 15 is 0 Å². The van der Waals surface area contributed by atoms with Gasteiger partial charge >= 0.3 is 12.0 Å². The van der Waals surface area contributed by atoms with Crippen molar-refractivity contribution in [1.29, 1.82) is 0 Å². The van der Waals surface area contributed by atoms with Gasteiger partial charge in [-0.1, -0.05) is 0 Å². The Balaban J connectivity index is 2.03. The normalized spacial score (nSPS) is 30.4. The predicted octanol–water partition coefficient (Wildman–Crippen LogP) is 0.241. The van der Waals surface area contributed by atoms with Crippen molar-refractivity contribution in [3.63, 3.8) is 0 Å². The van der Waals surface area contributed by atoms with E-state index in [0.717, 1.165) is 6.42 Å². The summed E-state index contributed by atoms with van der Waals surface area (Å²) in [6.07, 6.45) is 2.30. The number of aliphatic carboxylic acids is 1. The SMILES string of the molecule is CC1CC(C(=O)O)CCN1C(=O)N1CCCC1C(N)=O. The molecule has 0 aliphatic carbocycles. The number of carbonyl (C=O) groups excluding carboxylic acids is 2. The van der Waals surface area contributed by atoms with Crippen LogP contribution < -0.4 is 5.73 Å². The molecule has 3 amide bonds. The van der Waals surface area contributed by atoms with Crippen LogP contribution in [0.15, 0.2) is 0 Å². The maximum absolute atomic E-state index is 12.5. The number of primary amides is 1. The van der Waals surface area contributed by atoms with Crippen molar-refractivity contribution >= 4 is 17.9 Å². The number of nitrogens with zero attached hydrogens (tertiary/aromatic N) is 2. The van der Waals surface area contributed by atoms with Gasteiger partial charge in [0, 0.05) is 19.1 Å². The maximum Gasteiger partial charge on any atom is 0.320 e. The Morgan fingerprint density at radius 2 is 1.85 bits per heavy atom. The summed E-state index contributed by atoms with van der Waals surface area (Å²) in [4.78, 5) is 38.0. The molecule has 0 saturated carbocycles. The van der Waals surface area contributed by atoms with Crippen LogP contribution >= 0.6 is 0 Å². The summed E-state index contributed by atoms with van der Waals surface area (Å²) in [6, 6.07) is -0.846. The van der Waals surface area contributed by atoms with Gasteiger partial charge in [0.25, 0.3) is 0 Å². The van der Waals surface area contributed by atoms with Gasteiger partial charge < -0.3 is 20.6 Å². The van der Waals surface area contributed by atoms with E-state index in [1.807, 2.05) is 6.92 Å². The molecule has 112 valence electrons. The molecule has 3 unspecified atom stereocenters. The number of hydrogen-bond donors (Lipinski definition) is 2. The lowest BCUT2D eigenvalue weighted by Crippen LogP contribution is -2.54. The van der Waals surface area contributed by atoms with E-state index in [2.05, 4.69) is 0 Å². The first-order valence-corrected chi connectivity index (χ1v) is 7.01. The highest BCUT2D eigenvalue weighted by atomic mass is 16.4. The zero-order valence-corrected chi connectivity index (χ0v) is 11.6. The Labute approximate surface area is 117 Å². The number of carboxylic acid groups (broad SMARTS) is 1. The Morgan fingerprint density at radius 1 is 1.15 bits per heavy atom. The Bertz CT molecular complexity index is 426. The monoisotopic (exact) mass is 283 g/mol. The number of nitrogens with two attached hydrogens (primary N) is 1. The summed E-state index contributed by atoms with van der Waals surface area (Å²) in [5.74, 6) is -1.66. The summed E-state index contributed by atoms with van der Waals surface area (Å²) < 4.78 is 0. The van der Waals surface area contributed by atoms with E-state index in [1.165, 1.54) is 4.90 Å². The van der Waals surface area contributed by atoms with E-state index in [0.29, 0.717) is 32.4 Å². The molecular formula is C13H21N3O4. The summed E-state index contributed by atoms with van der Waals surface area (Å²) in [6.45, 7) is 2.80.